The molecule has 1 heterocycles. The highest BCUT2D eigenvalue weighted by atomic mass is 19.1. The van der Waals surface area contributed by atoms with E-state index in [2.05, 4.69) is 11.4 Å². The highest BCUT2D eigenvalue weighted by Gasteiger charge is 2.35. The summed E-state index contributed by atoms with van der Waals surface area (Å²) in [6.07, 6.45) is 3.50. The van der Waals surface area contributed by atoms with Crippen LogP contribution < -0.4 is 10.2 Å². The summed E-state index contributed by atoms with van der Waals surface area (Å²) in [6, 6.07) is 11.8. The molecule has 2 aromatic rings. The van der Waals surface area contributed by atoms with E-state index in [1.807, 2.05) is 12.1 Å². The van der Waals surface area contributed by atoms with Gasteiger partial charge in [0.15, 0.2) is 0 Å². The molecular weight excluding hydrogens is 319 g/mol. The summed E-state index contributed by atoms with van der Waals surface area (Å²) in [7, 11) is 0. The molecular formula is C20H19FN2O2. The van der Waals surface area contributed by atoms with Gasteiger partial charge in [-0.1, -0.05) is 6.07 Å². The van der Waals surface area contributed by atoms with Crippen LogP contribution in [0, 0.1) is 11.7 Å². The maximum absolute atomic E-state index is 13.0. The van der Waals surface area contributed by atoms with E-state index in [4.69, 9.17) is 0 Å². The summed E-state index contributed by atoms with van der Waals surface area (Å²) in [4.78, 5) is 26.3. The summed E-state index contributed by atoms with van der Waals surface area (Å²) < 4.78 is 13.0. The van der Waals surface area contributed by atoms with Crippen LogP contribution in [0.2, 0.25) is 0 Å². The Kier molecular flexibility index (Phi) is 3.99. The SMILES string of the molecule is O=C(Nc1ccc2c(c1)CCC2)C1CC(=O)N(c2ccc(F)cc2)C1. The number of anilines is 2. The number of aryl methyl sites for hydroxylation is 2. The van der Waals surface area contributed by atoms with E-state index in [-0.39, 0.29) is 24.1 Å². The summed E-state index contributed by atoms with van der Waals surface area (Å²) >= 11 is 0. The molecule has 25 heavy (non-hydrogen) atoms. The number of nitrogens with zero attached hydrogens (tertiary/aromatic N) is 1. The molecule has 1 aliphatic heterocycles. The van der Waals surface area contributed by atoms with Crippen LogP contribution in [0.3, 0.4) is 0 Å². The first-order chi connectivity index (χ1) is 12.1. The van der Waals surface area contributed by atoms with Crippen molar-refractivity contribution in [2.45, 2.75) is 25.7 Å². The van der Waals surface area contributed by atoms with E-state index < -0.39 is 5.92 Å². The Labute approximate surface area is 145 Å². The molecule has 1 unspecified atom stereocenters. The lowest BCUT2D eigenvalue weighted by atomic mass is 10.1. The van der Waals surface area contributed by atoms with Crippen molar-refractivity contribution in [2.75, 3.05) is 16.8 Å². The average Bonchev–Trinajstić information content (AvgIpc) is 3.22. The second-order valence-electron chi connectivity index (χ2n) is 6.71. The third-order valence-electron chi connectivity index (χ3n) is 5.00. The van der Waals surface area contributed by atoms with Gasteiger partial charge in [-0.3, -0.25) is 9.59 Å². The number of nitrogens with one attached hydrogen (secondary N) is 1. The molecule has 1 N–H and O–H groups in total. The summed E-state index contributed by atoms with van der Waals surface area (Å²) in [5, 5.41) is 2.94. The van der Waals surface area contributed by atoms with Gasteiger partial charge in [-0.05, 0) is 66.8 Å². The van der Waals surface area contributed by atoms with Crippen LogP contribution in [0.1, 0.15) is 24.0 Å². The molecule has 0 radical (unpaired) electrons. The number of benzene rings is 2. The molecule has 2 aliphatic rings. The molecule has 5 heteroatoms. The van der Waals surface area contributed by atoms with Crippen LogP contribution in [0.5, 0.6) is 0 Å². The zero-order valence-electron chi connectivity index (χ0n) is 13.8. The highest BCUT2D eigenvalue weighted by Crippen LogP contribution is 2.28. The second kappa shape index (κ2) is 6.31. The van der Waals surface area contributed by atoms with Crippen LogP contribution in [-0.4, -0.2) is 18.4 Å². The van der Waals surface area contributed by atoms with E-state index in [0.29, 0.717) is 12.2 Å². The lowest BCUT2D eigenvalue weighted by Crippen LogP contribution is -2.28. The number of hydrogen-bond acceptors (Lipinski definition) is 2. The first-order valence-electron chi connectivity index (χ1n) is 8.59. The van der Waals surface area contributed by atoms with Crippen LogP contribution >= 0.6 is 0 Å². The van der Waals surface area contributed by atoms with Crippen molar-refractivity contribution < 1.29 is 14.0 Å². The zero-order chi connectivity index (χ0) is 17.4. The molecule has 0 saturated carbocycles. The van der Waals surface area contributed by atoms with Crippen molar-refractivity contribution in [3.8, 4) is 0 Å². The van der Waals surface area contributed by atoms with Gasteiger partial charge in [-0.2, -0.15) is 0 Å². The third kappa shape index (κ3) is 3.14. The largest absolute Gasteiger partial charge is 0.326 e. The van der Waals surface area contributed by atoms with Crippen LogP contribution in [-0.2, 0) is 22.4 Å². The van der Waals surface area contributed by atoms with Gasteiger partial charge in [0, 0.05) is 24.3 Å². The van der Waals surface area contributed by atoms with Crippen molar-refractivity contribution in [1.29, 1.82) is 0 Å². The van der Waals surface area contributed by atoms with E-state index in [1.165, 1.54) is 23.3 Å². The normalized spacial score (nSPS) is 19.2. The molecule has 1 fully saturated rings. The summed E-state index contributed by atoms with van der Waals surface area (Å²) in [6.45, 7) is 0.321. The second-order valence-corrected chi connectivity index (χ2v) is 6.71. The summed E-state index contributed by atoms with van der Waals surface area (Å²) in [5.41, 5.74) is 4.07. The van der Waals surface area contributed by atoms with E-state index in [1.54, 1.807) is 17.0 Å². The fourth-order valence-electron chi connectivity index (χ4n) is 3.65. The lowest BCUT2D eigenvalue weighted by molar-refractivity contribution is -0.122. The highest BCUT2D eigenvalue weighted by molar-refractivity contribution is 6.03. The Bertz CT molecular complexity index is 832. The van der Waals surface area contributed by atoms with Crippen molar-refractivity contribution >= 4 is 23.2 Å². The Balaban J connectivity index is 1.44. The molecule has 1 aliphatic carbocycles. The topological polar surface area (TPSA) is 49.4 Å². The fourth-order valence-corrected chi connectivity index (χ4v) is 3.65. The predicted molar refractivity (Wildman–Crippen MR) is 94.0 cm³/mol. The number of rotatable bonds is 3. The molecule has 0 aromatic heterocycles. The minimum absolute atomic E-state index is 0.110. The van der Waals surface area contributed by atoms with Gasteiger partial charge in [0.2, 0.25) is 11.8 Å². The van der Waals surface area contributed by atoms with Crippen LogP contribution in [0.15, 0.2) is 42.5 Å². The van der Waals surface area contributed by atoms with Gasteiger partial charge in [0.25, 0.3) is 0 Å². The number of carbonyl (C=O) groups is 2. The number of halogens is 1. The van der Waals surface area contributed by atoms with E-state index in [0.717, 1.165) is 24.9 Å². The maximum Gasteiger partial charge on any atom is 0.229 e. The molecule has 2 aromatic carbocycles. The van der Waals surface area contributed by atoms with Gasteiger partial charge >= 0.3 is 0 Å². The Hall–Kier alpha value is -2.69. The molecule has 1 atom stereocenters. The van der Waals surface area contributed by atoms with Gasteiger partial charge < -0.3 is 10.2 Å². The maximum atomic E-state index is 13.0. The summed E-state index contributed by atoms with van der Waals surface area (Å²) in [5.74, 6) is -0.997. The van der Waals surface area contributed by atoms with Gasteiger partial charge in [0.1, 0.15) is 5.82 Å². The van der Waals surface area contributed by atoms with Crippen molar-refractivity contribution in [3.63, 3.8) is 0 Å². The molecule has 128 valence electrons. The van der Waals surface area contributed by atoms with E-state index >= 15 is 0 Å². The molecule has 4 rings (SSSR count). The Morgan fingerprint density at radius 3 is 2.64 bits per heavy atom. The quantitative estimate of drug-likeness (QED) is 0.933. The molecule has 2 amide bonds. The van der Waals surface area contributed by atoms with Crippen molar-refractivity contribution in [3.05, 3.63) is 59.4 Å². The first kappa shape index (κ1) is 15.8. The molecule has 0 spiro atoms. The first-order valence-corrected chi connectivity index (χ1v) is 8.59. The van der Waals surface area contributed by atoms with Crippen LogP contribution in [0.4, 0.5) is 15.8 Å². The number of hydrogen-bond donors (Lipinski definition) is 1. The molecule has 4 nitrogen and oxygen atoms in total. The Morgan fingerprint density at radius 2 is 1.84 bits per heavy atom. The minimum atomic E-state index is -0.397. The minimum Gasteiger partial charge on any atom is -0.326 e. The monoisotopic (exact) mass is 338 g/mol. The zero-order valence-corrected chi connectivity index (χ0v) is 13.8. The number of fused-ring (bicyclic) bond motifs is 1. The molecule has 1 saturated heterocycles. The lowest BCUT2D eigenvalue weighted by Gasteiger charge is -2.16. The average molecular weight is 338 g/mol. The van der Waals surface area contributed by atoms with Gasteiger partial charge in [0.05, 0.1) is 5.92 Å². The molecule has 0 bridgehead atoms. The smallest absolute Gasteiger partial charge is 0.229 e. The Morgan fingerprint density at radius 1 is 1.08 bits per heavy atom. The number of carbonyl (C=O) groups excluding carboxylic acids is 2. The fraction of sp³-hybridized carbons (Fsp3) is 0.300. The van der Waals surface area contributed by atoms with Crippen molar-refractivity contribution in [1.82, 2.24) is 0 Å². The number of amides is 2. The van der Waals surface area contributed by atoms with E-state index in [9.17, 15) is 14.0 Å². The third-order valence-corrected chi connectivity index (χ3v) is 5.00. The standard InChI is InChI=1S/C20H19FN2O2/c21-16-5-8-18(9-6-16)23-12-15(11-19(23)24)20(25)22-17-7-4-13-2-1-3-14(13)10-17/h4-10,15H,1-3,11-12H2,(H,22,25). The predicted octanol–water partition coefficient (Wildman–Crippen LogP) is 3.31. The van der Waals surface area contributed by atoms with Gasteiger partial charge in [-0.25, -0.2) is 4.39 Å². The van der Waals surface area contributed by atoms with Crippen molar-refractivity contribution in [2.24, 2.45) is 5.92 Å². The van der Waals surface area contributed by atoms with Crippen LogP contribution in [0.25, 0.3) is 0 Å². The van der Waals surface area contributed by atoms with Gasteiger partial charge in [-0.15, -0.1) is 0 Å².